The van der Waals surface area contributed by atoms with Gasteiger partial charge in [-0.15, -0.1) is 0 Å². The summed E-state index contributed by atoms with van der Waals surface area (Å²) in [6.45, 7) is -0.0240. The topological polar surface area (TPSA) is 67.4 Å². The number of alkyl halides is 3. The Morgan fingerprint density at radius 1 is 1.00 bits per heavy atom. The van der Waals surface area contributed by atoms with Gasteiger partial charge in [0, 0.05) is 23.9 Å². The first kappa shape index (κ1) is 18.3. The Bertz CT molecular complexity index is 758. The maximum absolute atomic E-state index is 12.2. The smallest absolute Gasteiger partial charge is 0.422 e. The highest BCUT2D eigenvalue weighted by Crippen LogP contribution is 2.21. The van der Waals surface area contributed by atoms with Gasteiger partial charge in [0.05, 0.1) is 0 Å². The minimum Gasteiger partial charge on any atom is -0.484 e. The summed E-state index contributed by atoms with van der Waals surface area (Å²) in [6, 6.07) is 11.9. The van der Waals surface area contributed by atoms with Gasteiger partial charge in [-0.25, -0.2) is 0 Å². The molecule has 25 heavy (non-hydrogen) atoms. The first-order valence-electron chi connectivity index (χ1n) is 7.21. The second-order valence-corrected chi connectivity index (χ2v) is 5.14. The minimum absolute atomic E-state index is 0.0444. The van der Waals surface area contributed by atoms with Crippen molar-refractivity contribution in [3.63, 3.8) is 0 Å². The molecule has 2 N–H and O–H groups in total. The van der Waals surface area contributed by atoms with Crippen LogP contribution in [0.5, 0.6) is 5.75 Å². The van der Waals surface area contributed by atoms with Crippen LogP contribution in [0.3, 0.4) is 0 Å². The zero-order valence-corrected chi connectivity index (χ0v) is 13.2. The van der Waals surface area contributed by atoms with E-state index in [9.17, 15) is 22.8 Å². The number of carbonyl (C=O) groups is 2. The van der Waals surface area contributed by atoms with E-state index in [0.717, 1.165) is 0 Å². The third-order valence-corrected chi connectivity index (χ3v) is 2.96. The monoisotopic (exact) mass is 352 g/mol. The number of carbonyl (C=O) groups excluding carboxylic acids is 2. The quantitative estimate of drug-likeness (QED) is 0.859. The van der Waals surface area contributed by atoms with Crippen LogP contribution in [0, 0.1) is 0 Å². The third kappa shape index (κ3) is 6.17. The van der Waals surface area contributed by atoms with Gasteiger partial charge in [-0.2, -0.15) is 13.2 Å². The molecule has 0 fully saturated rings. The minimum atomic E-state index is -4.41. The molecule has 2 aromatic carbocycles. The van der Waals surface area contributed by atoms with Crippen molar-refractivity contribution in [1.29, 1.82) is 0 Å². The molecule has 0 aromatic heterocycles. The molecule has 2 rings (SSSR count). The average molecular weight is 352 g/mol. The Kier molecular flexibility index (Phi) is 5.63. The van der Waals surface area contributed by atoms with Crippen LogP contribution in [-0.2, 0) is 4.79 Å². The Labute approximate surface area is 141 Å². The summed E-state index contributed by atoms with van der Waals surface area (Å²) in [5.74, 6) is -0.633. The second kappa shape index (κ2) is 7.69. The summed E-state index contributed by atoms with van der Waals surface area (Å²) in [5.41, 5.74) is 1.20. The van der Waals surface area contributed by atoms with Crippen molar-refractivity contribution in [2.24, 2.45) is 0 Å². The van der Waals surface area contributed by atoms with Gasteiger partial charge in [0.2, 0.25) is 5.91 Å². The first-order valence-corrected chi connectivity index (χ1v) is 7.21. The highest BCUT2D eigenvalue weighted by Gasteiger charge is 2.28. The lowest BCUT2D eigenvalue weighted by Crippen LogP contribution is -2.19. The molecule has 2 aromatic rings. The largest absolute Gasteiger partial charge is 0.484 e. The van der Waals surface area contributed by atoms with Gasteiger partial charge in [0.1, 0.15) is 5.75 Å². The number of nitrogens with one attached hydrogen (secondary N) is 2. The van der Waals surface area contributed by atoms with E-state index in [1.54, 1.807) is 18.2 Å². The molecular formula is C17H15F3N2O3. The molecule has 0 bridgehead atoms. The number of amides is 2. The van der Waals surface area contributed by atoms with Gasteiger partial charge in [-0.1, -0.05) is 6.07 Å². The fourth-order valence-corrected chi connectivity index (χ4v) is 1.94. The molecule has 5 nitrogen and oxygen atoms in total. The summed E-state index contributed by atoms with van der Waals surface area (Å²) in [6.07, 6.45) is -4.41. The summed E-state index contributed by atoms with van der Waals surface area (Å²) in [7, 11) is 0. The summed E-state index contributed by atoms with van der Waals surface area (Å²) in [5, 5.41) is 5.18. The standard InChI is InChI=1S/C17H15F3N2O3/c1-11(23)21-14-4-2-3-12(9-14)16(24)22-13-5-7-15(8-6-13)25-10-17(18,19)20/h2-9H,10H2,1H3,(H,21,23)(H,22,24). The number of rotatable bonds is 5. The predicted molar refractivity (Wildman–Crippen MR) is 86.7 cm³/mol. The Morgan fingerprint density at radius 3 is 2.28 bits per heavy atom. The Hall–Kier alpha value is -3.03. The number of ether oxygens (including phenoxy) is 1. The van der Waals surface area contributed by atoms with Crippen molar-refractivity contribution < 1.29 is 27.5 Å². The molecule has 0 unspecified atom stereocenters. The van der Waals surface area contributed by atoms with Crippen LogP contribution < -0.4 is 15.4 Å². The molecule has 0 atom stereocenters. The molecular weight excluding hydrogens is 337 g/mol. The van der Waals surface area contributed by atoms with Gasteiger partial charge in [0.25, 0.3) is 5.91 Å². The molecule has 0 heterocycles. The Morgan fingerprint density at radius 2 is 1.68 bits per heavy atom. The number of halogens is 3. The maximum Gasteiger partial charge on any atom is 0.422 e. The van der Waals surface area contributed by atoms with Gasteiger partial charge < -0.3 is 15.4 Å². The molecule has 132 valence electrons. The SMILES string of the molecule is CC(=O)Nc1cccc(C(=O)Nc2ccc(OCC(F)(F)F)cc2)c1. The van der Waals surface area contributed by atoms with Crippen molar-refractivity contribution >= 4 is 23.2 Å². The van der Waals surface area contributed by atoms with Crippen LogP contribution >= 0.6 is 0 Å². The highest BCUT2D eigenvalue weighted by atomic mass is 19.4. The van der Waals surface area contributed by atoms with E-state index >= 15 is 0 Å². The van der Waals surface area contributed by atoms with Crippen LogP contribution in [0.1, 0.15) is 17.3 Å². The van der Waals surface area contributed by atoms with E-state index in [2.05, 4.69) is 15.4 Å². The average Bonchev–Trinajstić information content (AvgIpc) is 2.53. The molecule has 0 spiro atoms. The predicted octanol–water partition coefficient (Wildman–Crippen LogP) is 3.84. The molecule has 0 saturated carbocycles. The third-order valence-electron chi connectivity index (χ3n) is 2.96. The molecule has 0 aliphatic carbocycles. The molecule has 0 aliphatic rings. The van der Waals surface area contributed by atoms with Gasteiger partial charge >= 0.3 is 6.18 Å². The molecule has 0 aliphatic heterocycles. The zero-order valence-electron chi connectivity index (χ0n) is 13.2. The number of hydrogen-bond acceptors (Lipinski definition) is 3. The molecule has 0 radical (unpaired) electrons. The Balaban J connectivity index is 1.99. The van der Waals surface area contributed by atoms with Crippen molar-refractivity contribution in [3.8, 4) is 5.75 Å². The van der Waals surface area contributed by atoms with Crippen molar-refractivity contribution in [1.82, 2.24) is 0 Å². The number of benzene rings is 2. The van der Waals surface area contributed by atoms with E-state index in [1.807, 2.05) is 0 Å². The highest BCUT2D eigenvalue weighted by molar-refractivity contribution is 6.05. The number of hydrogen-bond donors (Lipinski definition) is 2. The van der Waals surface area contributed by atoms with Crippen LogP contribution in [0.15, 0.2) is 48.5 Å². The summed E-state index contributed by atoms with van der Waals surface area (Å²) in [4.78, 5) is 23.2. The fraction of sp³-hybridized carbons (Fsp3) is 0.176. The van der Waals surface area contributed by atoms with E-state index in [4.69, 9.17) is 0 Å². The maximum atomic E-state index is 12.2. The lowest BCUT2D eigenvalue weighted by atomic mass is 10.2. The van der Waals surface area contributed by atoms with Crippen LogP contribution in [-0.4, -0.2) is 24.6 Å². The number of anilines is 2. The first-order chi connectivity index (χ1) is 11.7. The van der Waals surface area contributed by atoms with E-state index < -0.39 is 18.7 Å². The zero-order chi connectivity index (χ0) is 18.4. The van der Waals surface area contributed by atoms with Gasteiger partial charge in [-0.3, -0.25) is 9.59 Å². The molecule has 0 saturated heterocycles. The summed E-state index contributed by atoms with van der Waals surface area (Å²) >= 11 is 0. The molecule has 2 amide bonds. The summed E-state index contributed by atoms with van der Waals surface area (Å²) < 4.78 is 40.8. The van der Waals surface area contributed by atoms with Crippen molar-refractivity contribution in [2.75, 3.05) is 17.2 Å². The van der Waals surface area contributed by atoms with Crippen LogP contribution in [0.2, 0.25) is 0 Å². The van der Waals surface area contributed by atoms with Crippen molar-refractivity contribution in [3.05, 3.63) is 54.1 Å². The second-order valence-electron chi connectivity index (χ2n) is 5.14. The van der Waals surface area contributed by atoms with E-state index in [-0.39, 0.29) is 11.7 Å². The van der Waals surface area contributed by atoms with E-state index in [1.165, 1.54) is 37.3 Å². The van der Waals surface area contributed by atoms with E-state index in [0.29, 0.717) is 16.9 Å². The lowest BCUT2D eigenvalue weighted by molar-refractivity contribution is -0.153. The molecule has 8 heteroatoms. The normalized spacial score (nSPS) is 10.9. The van der Waals surface area contributed by atoms with Crippen LogP contribution in [0.4, 0.5) is 24.5 Å². The fourth-order valence-electron chi connectivity index (χ4n) is 1.94. The van der Waals surface area contributed by atoms with Crippen LogP contribution in [0.25, 0.3) is 0 Å². The van der Waals surface area contributed by atoms with Gasteiger partial charge in [0.15, 0.2) is 6.61 Å². The van der Waals surface area contributed by atoms with Gasteiger partial charge in [-0.05, 0) is 42.5 Å². The lowest BCUT2D eigenvalue weighted by Gasteiger charge is -2.10. The van der Waals surface area contributed by atoms with Crippen molar-refractivity contribution in [2.45, 2.75) is 13.1 Å².